The van der Waals surface area contributed by atoms with Gasteiger partial charge in [0, 0.05) is 17.7 Å². The highest BCUT2D eigenvalue weighted by Crippen LogP contribution is 2.38. The lowest BCUT2D eigenvalue weighted by atomic mass is 10.2. The van der Waals surface area contributed by atoms with E-state index in [2.05, 4.69) is 10.4 Å². The van der Waals surface area contributed by atoms with E-state index in [0.29, 0.717) is 17.4 Å². The average Bonchev–Trinajstić information content (AvgIpc) is 3.55. The fraction of sp³-hybridized carbons (Fsp3) is 0.227. The third-order valence-electron chi connectivity index (χ3n) is 4.69. The number of hydrogen-bond donors (Lipinski definition) is 1. The Hall–Kier alpha value is -3.41. The molecule has 1 aliphatic carbocycles. The van der Waals surface area contributed by atoms with Gasteiger partial charge in [-0.05, 0) is 62.2 Å². The third kappa shape index (κ3) is 4.11. The van der Waals surface area contributed by atoms with Gasteiger partial charge in [-0.2, -0.15) is 5.10 Å². The summed E-state index contributed by atoms with van der Waals surface area (Å²) in [6, 6.07) is 19.1. The molecule has 1 heterocycles. The van der Waals surface area contributed by atoms with Gasteiger partial charge in [0.05, 0.1) is 5.69 Å². The lowest BCUT2D eigenvalue weighted by Crippen LogP contribution is -2.33. The van der Waals surface area contributed by atoms with Gasteiger partial charge in [0.15, 0.2) is 0 Å². The maximum absolute atomic E-state index is 12.6. The second-order valence-electron chi connectivity index (χ2n) is 6.92. The molecule has 1 N–H and O–H groups in total. The number of para-hydroxylation sites is 1. The molecule has 1 saturated carbocycles. The number of anilines is 1. The number of rotatable bonds is 6. The normalized spacial score (nSPS) is 14.3. The van der Waals surface area contributed by atoms with Crippen LogP contribution in [0.5, 0.6) is 11.5 Å². The summed E-state index contributed by atoms with van der Waals surface area (Å²) < 4.78 is 7.00. The molecular weight excluding hydrogens is 354 g/mol. The molecule has 1 amide bonds. The van der Waals surface area contributed by atoms with E-state index >= 15 is 0 Å². The molecule has 2 aromatic carbocycles. The molecule has 1 aliphatic rings. The zero-order valence-corrected chi connectivity index (χ0v) is 15.5. The Labute approximate surface area is 162 Å². The highest BCUT2D eigenvalue weighted by atomic mass is 16.5. The van der Waals surface area contributed by atoms with E-state index in [-0.39, 0.29) is 11.5 Å². The van der Waals surface area contributed by atoms with Crippen molar-refractivity contribution < 1.29 is 9.53 Å². The first kappa shape index (κ1) is 18.0. The van der Waals surface area contributed by atoms with Crippen molar-refractivity contribution in [3.8, 4) is 11.5 Å². The number of benzene rings is 2. The van der Waals surface area contributed by atoms with Gasteiger partial charge in [-0.3, -0.25) is 9.59 Å². The van der Waals surface area contributed by atoms with Crippen LogP contribution in [0.3, 0.4) is 0 Å². The lowest BCUT2D eigenvalue weighted by Gasteiger charge is -2.15. The number of carbonyl (C=O) groups is 1. The minimum Gasteiger partial charge on any atom is -0.457 e. The summed E-state index contributed by atoms with van der Waals surface area (Å²) in [6.07, 6.45) is 2.17. The van der Waals surface area contributed by atoms with Gasteiger partial charge in [-0.15, -0.1) is 0 Å². The van der Waals surface area contributed by atoms with E-state index in [1.54, 1.807) is 37.3 Å². The van der Waals surface area contributed by atoms with Crippen molar-refractivity contribution in [1.82, 2.24) is 9.78 Å². The highest BCUT2D eigenvalue weighted by molar-refractivity contribution is 5.93. The first-order valence-corrected chi connectivity index (χ1v) is 9.34. The molecule has 1 atom stereocenters. The topological polar surface area (TPSA) is 73.2 Å². The van der Waals surface area contributed by atoms with Crippen LogP contribution in [0.25, 0.3) is 0 Å². The predicted octanol–water partition coefficient (Wildman–Crippen LogP) is 4.11. The molecule has 3 aromatic rings. The van der Waals surface area contributed by atoms with Crippen LogP contribution in [0.2, 0.25) is 0 Å². The number of carbonyl (C=O) groups excluding carboxylic acids is 1. The van der Waals surface area contributed by atoms with E-state index in [0.717, 1.165) is 24.3 Å². The smallest absolute Gasteiger partial charge is 0.267 e. The molecule has 142 valence electrons. The summed E-state index contributed by atoms with van der Waals surface area (Å²) in [4.78, 5) is 24.7. The quantitative estimate of drug-likeness (QED) is 0.704. The standard InChI is InChI=1S/C22H21N3O3/c1-15(25-21(26)14-13-20(24-25)16-7-8-16)22(27)23-17-9-11-19(12-10-17)28-18-5-3-2-4-6-18/h2-6,9-16H,7-8H2,1H3,(H,23,27). The van der Waals surface area contributed by atoms with Crippen molar-refractivity contribution in [3.05, 3.63) is 82.8 Å². The molecular formula is C22H21N3O3. The van der Waals surface area contributed by atoms with Gasteiger partial charge in [-0.1, -0.05) is 18.2 Å². The van der Waals surface area contributed by atoms with Gasteiger partial charge in [-0.25, -0.2) is 4.68 Å². The zero-order chi connectivity index (χ0) is 19.5. The number of ether oxygens (including phenoxy) is 1. The Morgan fingerprint density at radius 3 is 2.39 bits per heavy atom. The number of nitrogens with zero attached hydrogens (tertiary/aromatic N) is 2. The lowest BCUT2D eigenvalue weighted by molar-refractivity contribution is -0.119. The number of aromatic nitrogens is 2. The Morgan fingerprint density at radius 1 is 1.04 bits per heavy atom. The van der Waals surface area contributed by atoms with Crippen LogP contribution in [0, 0.1) is 0 Å². The van der Waals surface area contributed by atoms with Crippen LogP contribution in [-0.4, -0.2) is 15.7 Å². The van der Waals surface area contributed by atoms with Crippen molar-refractivity contribution in [2.75, 3.05) is 5.32 Å². The van der Waals surface area contributed by atoms with Gasteiger partial charge >= 0.3 is 0 Å². The van der Waals surface area contributed by atoms with E-state index < -0.39 is 6.04 Å². The second kappa shape index (κ2) is 7.68. The van der Waals surface area contributed by atoms with Crippen molar-refractivity contribution in [2.45, 2.75) is 31.7 Å². The molecule has 0 bridgehead atoms. The monoisotopic (exact) mass is 375 g/mol. The van der Waals surface area contributed by atoms with Crippen molar-refractivity contribution in [2.24, 2.45) is 0 Å². The molecule has 0 saturated heterocycles. The molecule has 1 aromatic heterocycles. The molecule has 6 heteroatoms. The Balaban J connectivity index is 1.43. The van der Waals surface area contributed by atoms with Gasteiger partial charge in [0.25, 0.3) is 5.56 Å². The molecule has 0 aliphatic heterocycles. The van der Waals surface area contributed by atoms with Crippen molar-refractivity contribution in [3.63, 3.8) is 0 Å². The molecule has 0 spiro atoms. The Bertz CT molecular complexity index is 1020. The second-order valence-corrected chi connectivity index (χ2v) is 6.92. The number of amides is 1. The SMILES string of the molecule is CC(C(=O)Nc1ccc(Oc2ccccc2)cc1)n1nc(C2CC2)ccc1=O. The first-order valence-electron chi connectivity index (χ1n) is 9.34. The largest absolute Gasteiger partial charge is 0.457 e. The summed E-state index contributed by atoms with van der Waals surface area (Å²) in [5.41, 5.74) is 1.23. The minimum atomic E-state index is -0.702. The fourth-order valence-corrected chi connectivity index (χ4v) is 2.90. The van der Waals surface area contributed by atoms with E-state index in [1.807, 2.05) is 30.3 Å². The summed E-state index contributed by atoms with van der Waals surface area (Å²) in [7, 11) is 0. The van der Waals surface area contributed by atoms with Crippen LogP contribution < -0.4 is 15.6 Å². The molecule has 0 radical (unpaired) electrons. The molecule has 1 unspecified atom stereocenters. The van der Waals surface area contributed by atoms with Gasteiger partial charge < -0.3 is 10.1 Å². The maximum atomic E-state index is 12.6. The van der Waals surface area contributed by atoms with Crippen molar-refractivity contribution >= 4 is 11.6 Å². The van der Waals surface area contributed by atoms with Gasteiger partial charge in [0.1, 0.15) is 17.5 Å². The summed E-state index contributed by atoms with van der Waals surface area (Å²) in [6.45, 7) is 1.67. The Kier molecular flexibility index (Phi) is 4.93. The molecule has 1 fully saturated rings. The van der Waals surface area contributed by atoms with Crippen LogP contribution in [-0.2, 0) is 4.79 Å². The fourth-order valence-electron chi connectivity index (χ4n) is 2.90. The van der Waals surface area contributed by atoms with Crippen LogP contribution in [0.15, 0.2) is 71.5 Å². The molecule has 4 rings (SSSR count). The third-order valence-corrected chi connectivity index (χ3v) is 4.69. The van der Waals surface area contributed by atoms with E-state index in [1.165, 1.54) is 10.7 Å². The van der Waals surface area contributed by atoms with Gasteiger partial charge in [0.2, 0.25) is 5.91 Å². The highest BCUT2D eigenvalue weighted by Gasteiger charge is 2.27. The minimum absolute atomic E-state index is 0.279. The summed E-state index contributed by atoms with van der Waals surface area (Å²) in [5, 5.41) is 7.21. The summed E-state index contributed by atoms with van der Waals surface area (Å²) >= 11 is 0. The van der Waals surface area contributed by atoms with E-state index in [9.17, 15) is 9.59 Å². The molecule has 28 heavy (non-hydrogen) atoms. The summed E-state index contributed by atoms with van der Waals surface area (Å²) in [5.74, 6) is 1.54. The van der Waals surface area contributed by atoms with E-state index in [4.69, 9.17) is 4.74 Å². The van der Waals surface area contributed by atoms with Crippen LogP contribution >= 0.6 is 0 Å². The average molecular weight is 375 g/mol. The predicted molar refractivity (Wildman–Crippen MR) is 107 cm³/mol. The molecule has 6 nitrogen and oxygen atoms in total. The van der Waals surface area contributed by atoms with Crippen molar-refractivity contribution in [1.29, 1.82) is 0 Å². The first-order chi connectivity index (χ1) is 13.6. The van der Waals surface area contributed by atoms with Crippen LogP contribution in [0.1, 0.15) is 37.4 Å². The number of nitrogens with one attached hydrogen (secondary N) is 1. The number of hydrogen-bond acceptors (Lipinski definition) is 4. The zero-order valence-electron chi connectivity index (χ0n) is 15.5. The maximum Gasteiger partial charge on any atom is 0.267 e. The Morgan fingerprint density at radius 2 is 1.71 bits per heavy atom. The van der Waals surface area contributed by atoms with Crippen LogP contribution in [0.4, 0.5) is 5.69 Å².